The minimum Gasteiger partial charge on any atom is -0.376 e. The third-order valence-corrected chi connectivity index (χ3v) is 2.77. The Bertz CT molecular complexity index is 380. The maximum absolute atomic E-state index is 11.8. The van der Waals surface area contributed by atoms with E-state index in [4.69, 9.17) is 9.47 Å². The van der Waals surface area contributed by atoms with Gasteiger partial charge in [-0.25, -0.2) is 0 Å². The van der Waals surface area contributed by atoms with Crippen molar-refractivity contribution in [3.8, 4) is 0 Å². The lowest BCUT2D eigenvalue weighted by atomic mass is 10.3. The van der Waals surface area contributed by atoms with E-state index in [9.17, 15) is 4.79 Å². The van der Waals surface area contributed by atoms with Crippen LogP contribution in [0, 0.1) is 0 Å². The molecule has 16 heavy (non-hydrogen) atoms. The third kappa shape index (κ3) is 2.78. The highest BCUT2D eigenvalue weighted by molar-refractivity contribution is 9.10. The average molecular weight is 287 g/mol. The van der Waals surface area contributed by atoms with Gasteiger partial charge in [0.2, 0.25) is 0 Å². The van der Waals surface area contributed by atoms with Gasteiger partial charge in [0.25, 0.3) is 5.91 Å². The number of nitrogens with zero attached hydrogens (tertiary/aromatic N) is 1. The lowest BCUT2D eigenvalue weighted by molar-refractivity contribution is -0.142. The van der Waals surface area contributed by atoms with Crippen LogP contribution in [-0.2, 0) is 14.3 Å². The van der Waals surface area contributed by atoms with Gasteiger partial charge < -0.3 is 14.8 Å². The van der Waals surface area contributed by atoms with Crippen LogP contribution in [-0.4, -0.2) is 36.8 Å². The van der Waals surface area contributed by atoms with Crippen LogP contribution in [0.15, 0.2) is 22.9 Å². The molecule has 86 valence electrons. The molecule has 1 atom stereocenters. The van der Waals surface area contributed by atoms with Crippen molar-refractivity contribution in [3.05, 3.63) is 22.9 Å². The van der Waals surface area contributed by atoms with Crippen LogP contribution < -0.4 is 5.32 Å². The smallest absolute Gasteiger partial charge is 0.255 e. The molecule has 0 bridgehead atoms. The van der Waals surface area contributed by atoms with Gasteiger partial charge in [0, 0.05) is 12.4 Å². The van der Waals surface area contributed by atoms with Gasteiger partial charge in [-0.3, -0.25) is 9.78 Å². The van der Waals surface area contributed by atoms with Crippen LogP contribution >= 0.6 is 15.9 Å². The van der Waals surface area contributed by atoms with E-state index in [-0.39, 0.29) is 5.91 Å². The Labute approximate surface area is 101 Å². The number of hydrogen-bond acceptors (Lipinski definition) is 4. The first-order chi connectivity index (χ1) is 7.77. The molecular weight excluding hydrogens is 276 g/mol. The molecule has 0 aromatic carbocycles. The van der Waals surface area contributed by atoms with E-state index in [1.54, 1.807) is 18.5 Å². The Kier molecular flexibility index (Phi) is 3.87. The number of amides is 1. The van der Waals surface area contributed by atoms with Gasteiger partial charge >= 0.3 is 0 Å². The summed E-state index contributed by atoms with van der Waals surface area (Å²) in [4.78, 5) is 15.7. The van der Waals surface area contributed by atoms with Gasteiger partial charge in [0.15, 0.2) is 6.10 Å². The molecule has 1 aromatic rings. The second-order valence-corrected chi connectivity index (χ2v) is 4.13. The van der Waals surface area contributed by atoms with Crippen molar-refractivity contribution in [1.29, 1.82) is 0 Å². The summed E-state index contributed by atoms with van der Waals surface area (Å²) in [6.45, 7) is 1.30. The second kappa shape index (κ2) is 5.38. The van der Waals surface area contributed by atoms with Crippen molar-refractivity contribution in [2.45, 2.75) is 6.10 Å². The first kappa shape index (κ1) is 11.5. The fraction of sp³-hybridized carbons (Fsp3) is 0.400. The van der Waals surface area contributed by atoms with Crippen molar-refractivity contribution < 1.29 is 14.3 Å². The van der Waals surface area contributed by atoms with E-state index in [1.165, 1.54) is 0 Å². The molecule has 2 rings (SSSR count). The number of ether oxygens (including phenoxy) is 2. The van der Waals surface area contributed by atoms with Crippen LogP contribution in [0.25, 0.3) is 0 Å². The number of carbonyl (C=O) groups excluding carboxylic acids is 1. The highest BCUT2D eigenvalue weighted by Crippen LogP contribution is 2.20. The molecule has 0 saturated carbocycles. The third-order valence-electron chi connectivity index (χ3n) is 2.14. The van der Waals surface area contributed by atoms with Gasteiger partial charge in [-0.2, -0.15) is 0 Å². The van der Waals surface area contributed by atoms with Crippen molar-refractivity contribution in [3.63, 3.8) is 0 Å². The maximum atomic E-state index is 11.8. The van der Waals surface area contributed by atoms with E-state index in [0.29, 0.717) is 25.5 Å². The zero-order chi connectivity index (χ0) is 11.4. The average Bonchev–Trinajstić information content (AvgIpc) is 2.33. The minimum atomic E-state index is -0.534. The van der Waals surface area contributed by atoms with Gasteiger partial charge in [-0.1, -0.05) is 0 Å². The normalized spacial score (nSPS) is 20.4. The first-order valence-corrected chi connectivity index (χ1v) is 5.66. The number of rotatable bonds is 2. The molecule has 1 aromatic heterocycles. The second-order valence-electron chi connectivity index (χ2n) is 3.28. The molecule has 1 amide bonds. The highest BCUT2D eigenvalue weighted by atomic mass is 79.9. The largest absolute Gasteiger partial charge is 0.376 e. The fourth-order valence-electron chi connectivity index (χ4n) is 1.33. The summed E-state index contributed by atoms with van der Waals surface area (Å²) in [5.41, 5.74) is 0.675. The summed E-state index contributed by atoms with van der Waals surface area (Å²) < 4.78 is 11.2. The van der Waals surface area contributed by atoms with Crippen LogP contribution in [0.2, 0.25) is 0 Å². The number of anilines is 1. The summed E-state index contributed by atoms with van der Waals surface area (Å²) in [7, 11) is 0. The molecule has 2 heterocycles. The molecule has 0 radical (unpaired) electrons. The number of carbonyl (C=O) groups is 1. The number of nitrogens with one attached hydrogen (secondary N) is 1. The monoisotopic (exact) mass is 286 g/mol. The molecule has 0 aliphatic carbocycles. The molecule has 5 nitrogen and oxygen atoms in total. The maximum Gasteiger partial charge on any atom is 0.255 e. The molecule has 1 N–H and O–H groups in total. The summed E-state index contributed by atoms with van der Waals surface area (Å²) in [6.07, 6.45) is 2.70. The van der Waals surface area contributed by atoms with E-state index < -0.39 is 6.10 Å². The molecule has 0 spiro atoms. The highest BCUT2D eigenvalue weighted by Gasteiger charge is 2.22. The molecular formula is C10H11BrN2O3. The number of hydrogen-bond donors (Lipinski definition) is 1. The van der Waals surface area contributed by atoms with Crippen LogP contribution in [0.4, 0.5) is 5.69 Å². The van der Waals surface area contributed by atoms with Crippen molar-refractivity contribution in [1.82, 2.24) is 4.98 Å². The molecule has 1 unspecified atom stereocenters. The minimum absolute atomic E-state index is 0.202. The zero-order valence-corrected chi connectivity index (χ0v) is 10.1. The Hall–Kier alpha value is -0.980. The van der Waals surface area contributed by atoms with Gasteiger partial charge in [-0.15, -0.1) is 0 Å². The number of aromatic nitrogens is 1. The Balaban J connectivity index is 1.99. The standard InChI is InChI=1S/C10H11BrN2O3/c11-7-5-12-2-1-8(7)13-10(14)9-6-15-3-4-16-9/h1-2,5,9H,3-4,6H2,(H,12,13,14). The topological polar surface area (TPSA) is 60.5 Å². The molecule has 1 saturated heterocycles. The van der Waals surface area contributed by atoms with E-state index in [2.05, 4.69) is 26.2 Å². The van der Waals surface area contributed by atoms with Crippen LogP contribution in [0.3, 0.4) is 0 Å². The predicted molar refractivity (Wildman–Crippen MR) is 61.1 cm³/mol. The van der Waals surface area contributed by atoms with Gasteiger partial charge in [0.1, 0.15) is 0 Å². The van der Waals surface area contributed by atoms with Crippen molar-refractivity contribution in [2.75, 3.05) is 25.1 Å². The SMILES string of the molecule is O=C(Nc1ccncc1Br)C1COCCO1. The summed E-state index contributed by atoms with van der Waals surface area (Å²) in [5, 5.41) is 2.75. The van der Waals surface area contributed by atoms with E-state index >= 15 is 0 Å². The summed E-state index contributed by atoms with van der Waals surface area (Å²) >= 11 is 3.30. The number of halogens is 1. The first-order valence-electron chi connectivity index (χ1n) is 4.87. The molecule has 1 aliphatic heterocycles. The van der Waals surface area contributed by atoms with E-state index in [0.717, 1.165) is 4.47 Å². The summed E-state index contributed by atoms with van der Waals surface area (Å²) in [5.74, 6) is -0.202. The zero-order valence-electron chi connectivity index (χ0n) is 8.48. The van der Waals surface area contributed by atoms with Gasteiger partial charge in [0.05, 0.1) is 30.0 Å². The fourth-order valence-corrected chi connectivity index (χ4v) is 1.68. The summed E-state index contributed by atoms with van der Waals surface area (Å²) in [6, 6.07) is 1.71. The Morgan fingerprint density at radius 2 is 2.44 bits per heavy atom. The predicted octanol–water partition coefficient (Wildman–Crippen LogP) is 1.20. The van der Waals surface area contributed by atoms with Crippen molar-refractivity contribution in [2.24, 2.45) is 0 Å². The van der Waals surface area contributed by atoms with Gasteiger partial charge in [-0.05, 0) is 22.0 Å². The van der Waals surface area contributed by atoms with Crippen LogP contribution in [0.5, 0.6) is 0 Å². The molecule has 1 fully saturated rings. The Morgan fingerprint density at radius 1 is 1.56 bits per heavy atom. The number of pyridine rings is 1. The van der Waals surface area contributed by atoms with E-state index in [1.807, 2.05) is 0 Å². The van der Waals surface area contributed by atoms with Crippen molar-refractivity contribution >= 4 is 27.5 Å². The quantitative estimate of drug-likeness (QED) is 0.888. The molecule has 6 heteroatoms. The lowest BCUT2D eigenvalue weighted by Crippen LogP contribution is -2.39. The Morgan fingerprint density at radius 3 is 3.12 bits per heavy atom. The lowest BCUT2D eigenvalue weighted by Gasteiger charge is -2.22. The molecule has 1 aliphatic rings. The van der Waals surface area contributed by atoms with Crippen LogP contribution in [0.1, 0.15) is 0 Å².